The van der Waals surface area contributed by atoms with Gasteiger partial charge < -0.3 is 19.7 Å². The van der Waals surface area contributed by atoms with Gasteiger partial charge in [-0.1, -0.05) is 0 Å². The summed E-state index contributed by atoms with van der Waals surface area (Å²) in [4.78, 5) is 2.35. The van der Waals surface area contributed by atoms with Crippen LogP contribution in [0.4, 0.5) is 5.69 Å². The molecule has 2 saturated heterocycles. The fourth-order valence-corrected chi connectivity index (χ4v) is 5.33. The van der Waals surface area contributed by atoms with Crippen LogP contribution in [0, 0.1) is 0 Å². The van der Waals surface area contributed by atoms with Crippen LogP contribution in [0.2, 0.25) is 0 Å². The van der Waals surface area contributed by atoms with Gasteiger partial charge in [0.1, 0.15) is 0 Å². The molecular formula is C16H22N2O4S. The van der Waals surface area contributed by atoms with Crippen molar-refractivity contribution in [3.63, 3.8) is 0 Å². The van der Waals surface area contributed by atoms with Gasteiger partial charge in [-0.3, -0.25) is 0 Å². The van der Waals surface area contributed by atoms with Crippen LogP contribution in [0.15, 0.2) is 18.2 Å². The minimum absolute atomic E-state index is 0.141. The molecular weight excluding hydrogens is 316 g/mol. The van der Waals surface area contributed by atoms with Crippen molar-refractivity contribution in [3.8, 4) is 11.5 Å². The second-order valence-corrected chi connectivity index (χ2v) is 8.79. The van der Waals surface area contributed by atoms with E-state index in [9.17, 15) is 8.42 Å². The maximum Gasteiger partial charge on any atom is 0.231 e. The molecule has 3 aliphatic rings. The quantitative estimate of drug-likeness (QED) is 0.892. The van der Waals surface area contributed by atoms with Gasteiger partial charge in [0, 0.05) is 36.9 Å². The second-order valence-electron chi connectivity index (χ2n) is 6.57. The van der Waals surface area contributed by atoms with E-state index < -0.39 is 9.84 Å². The highest BCUT2D eigenvalue weighted by atomic mass is 32.2. The first-order valence-corrected chi connectivity index (χ1v) is 10.0. The standard InChI is InChI=1S/C16H22N2O4S/c19-23(20)8-5-13(10-23)17-12-3-6-18(7-4-12)14-1-2-15-16(9-14)22-11-21-15/h1-2,9,12-13,17H,3-8,10-11H2. The van der Waals surface area contributed by atoms with Crippen LogP contribution in [0.25, 0.3) is 0 Å². The van der Waals surface area contributed by atoms with Gasteiger partial charge >= 0.3 is 0 Å². The van der Waals surface area contributed by atoms with E-state index in [-0.39, 0.29) is 6.04 Å². The number of sulfone groups is 1. The summed E-state index contributed by atoms with van der Waals surface area (Å²) in [7, 11) is -2.80. The third-order valence-electron chi connectivity index (χ3n) is 4.92. The molecule has 0 radical (unpaired) electrons. The fourth-order valence-electron chi connectivity index (χ4n) is 3.65. The number of rotatable bonds is 3. The van der Waals surface area contributed by atoms with Crippen LogP contribution in [0.3, 0.4) is 0 Å². The molecule has 0 amide bonds. The van der Waals surface area contributed by atoms with Gasteiger partial charge in [0.2, 0.25) is 6.79 Å². The summed E-state index contributed by atoms with van der Waals surface area (Å²) in [6, 6.07) is 6.64. The molecule has 1 aromatic rings. The lowest BCUT2D eigenvalue weighted by Crippen LogP contribution is -2.46. The zero-order chi connectivity index (χ0) is 15.9. The molecule has 1 unspecified atom stereocenters. The summed E-state index contributed by atoms with van der Waals surface area (Å²) in [6.45, 7) is 2.24. The molecule has 0 aromatic heterocycles. The number of hydrogen-bond acceptors (Lipinski definition) is 6. The number of fused-ring (bicyclic) bond motifs is 1. The molecule has 6 nitrogen and oxygen atoms in total. The van der Waals surface area contributed by atoms with Crippen molar-refractivity contribution < 1.29 is 17.9 Å². The van der Waals surface area contributed by atoms with E-state index >= 15 is 0 Å². The highest BCUT2D eigenvalue weighted by Gasteiger charge is 2.30. The molecule has 0 spiro atoms. The Morgan fingerprint density at radius 2 is 1.83 bits per heavy atom. The first kappa shape index (κ1) is 15.1. The van der Waals surface area contributed by atoms with E-state index in [1.165, 1.54) is 0 Å². The van der Waals surface area contributed by atoms with Gasteiger partial charge in [-0.05, 0) is 31.4 Å². The SMILES string of the molecule is O=S1(=O)CCC(NC2CCN(c3ccc4c(c3)OCO4)CC2)C1. The number of benzene rings is 1. The predicted molar refractivity (Wildman–Crippen MR) is 88.0 cm³/mol. The smallest absolute Gasteiger partial charge is 0.231 e. The molecule has 126 valence electrons. The Hall–Kier alpha value is -1.47. The van der Waals surface area contributed by atoms with Gasteiger partial charge in [0.15, 0.2) is 21.3 Å². The zero-order valence-electron chi connectivity index (χ0n) is 13.0. The number of nitrogens with one attached hydrogen (secondary N) is 1. The Balaban J connectivity index is 1.32. The molecule has 1 aromatic carbocycles. The molecule has 23 heavy (non-hydrogen) atoms. The lowest BCUT2D eigenvalue weighted by Gasteiger charge is -2.35. The van der Waals surface area contributed by atoms with E-state index in [0.717, 1.165) is 49.5 Å². The summed E-state index contributed by atoms with van der Waals surface area (Å²) in [5, 5.41) is 3.54. The number of nitrogens with zero attached hydrogens (tertiary/aromatic N) is 1. The van der Waals surface area contributed by atoms with Crippen molar-refractivity contribution in [1.29, 1.82) is 0 Å². The fraction of sp³-hybridized carbons (Fsp3) is 0.625. The molecule has 1 atom stereocenters. The van der Waals surface area contributed by atoms with E-state index in [4.69, 9.17) is 9.47 Å². The van der Waals surface area contributed by atoms with Gasteiger partial charge in [-0.2, -0.15) is 0 Å². The van der Waals surface area contributed by atoms with Crippen LogP contribution >= 0.6 is 0 Å². The van der Waals surface area contributed by atoms with Crippen LogP contribution in [0.1, 0.15) is 19.3 Å². The van der Waals surface area contributed by atoms with Gasteiger partial charge in [0.05, 0.1) is 11.5 Å². The number of piperidine rings is 1. The Bertz CT molecular complexity index is 683. The molecule has 3 heterocycles. The van der Waals surface area contributed by atoms with Crippen LogP contribution < -0.4 is 19.7 Å². The van der Waals surface area contributed by atoms with E-state index in [2.05, 4.69) is 16.3 Å². The Morgan fingerprint density at radius 1 is 1.04 bits per heavy atom. The minimum atomic E-state index is -2.80. The Morgan fingerprint density at radius 3 is 2.57 bits per heavy atom. The topological polar surface area (TPSA) is 67.9 Å². The number of hydrogen-bond donors (Lipinski definition) is 1. The van der Waals surface area contributed by atoms with Crippen molar-refractivity contribution in [2.75, 3.05) is 36.3 Å². The van der Waals surface area contributed by atoms with Crippen LogP contribution in [0.5, 0.6) is 11.5 Å². The lowest BCUT2D eigenvalue weighted by molar-refractivity contribution is 0.174. The highest BCUT2D eigenvalue weighted by Crippen LogP contribution is 2.36. The molecule has 3 aliphatic heterocycles. The number of anilines is 1. The molecule has 1 N–H and O–H groups in total. The summed E-state index contributed by atoms with van der Waals surface area (Å²) in [5.74, 6) is 2.27. The predicted octanol–water partition coefficient (Wildman–Crippen LogP) is 1.16. The van der Waals surface area contributed by atoms with Crippen molar-refractivity contribution in [2.24, 2.45) is 0 Å². The first-order chi connectivity index (χ1) is 11.1. The van der Waals surface area contributed by atoms with Crippen molar-refractivity contribution >= 4 is 15.5 Å². The normalized spacial score (nSPS) is 26.6. The van der Waals surface area contributed by atoms with Gasteiger partial charge in [-0.25, -0.2) is 8.42 Å². The molecule has 0 bridgehead atoms. The largest absolute Gasteiger partial charge is 0.454 e. The summed E-state index contributed by atoms with van der Waals surface area (Å²) in [5.41, 5.74) is 1.16. The summed E-state index contributed by atoms with van der Waals surface area (Å²) < 4.78 is 33.9. The monoisotopic (exact) mass is 338 g/mol. The zero-order valence-corrected chi connectivity index (χ0v) is 13.8. The summed E-state index contributed by atoms with van der Waals surface area (Å²) in [6.07, 6.45) is 2.82. The molecule has 4 rings (SSSR count). The molecule has 0 aliphatic carbocycles. The third-order valence-corrected chi connectivity index (χ3v) is 6.69. The van der Waals surface area contributed by atoms with Gasteiger partial charge in [-0.15, -0.1) is 0 Å². The summed E-state index contributed by atoms with van der Waals surface area (Å²) >= 11 is 0. The average Bonchev–Trinajstić information content (AvgIpc) is 3.13. The lowest BCUT2D eigenvalue weighted by atomic mass is 10.0. The molecule has 2 fully saturated rings. The van der Waals surface area contributed by atoms with E-state index in [0.29, 0.717) is 24.3 Å². The Kier molecular flexibility index (Phi) is 3.85. The second kappa shape index (κ2) is 5.87. The molecule has 0 saturated carbocycles. The average molecular weight is 338 g/mol. The minimum Gasteiger partial charge on any atom is -0.454 e. The van der Waals surface area contributed by atoms with Crippen molar-refractivity contribution in [2.45, 2.75) is 31.3 Å². The third kappa shape index (κ3) is 3.26. The number of ether oxygens (including phenoxy) is 2. The Labute approximate surface area is 136 Å². The van der Waals surface area contributed by atoms with E-state index in [1.807, 2.05) is 12.1 Å². The van der Waals surface area contributed by atoms with Crippen LogP contribution in [-0.4, -0.2) is 51.9 Å². The maximum absolute atomic E-state index is 11.5. The van der Waals surface area contributed by atoms with Crippen molar-refractivity contribution in [1.82, 2.24) is 5.32 Å². The van der Waals surface area contributed by atoms with E-state index in [1.54, 1.807) is 0 Å². The highest BCUT2D eigenvalue weighted by molar-refractivity contribution is 7.91. The maximum atomic E-state index is 11.5. The first-order valence-electron chi connectivity index (χ1n) is 8.20. The van der Waals surface area contributed by atoms with Crippen LogP contribution in [-0.2, 0) is 9.84 Å². The van der Waals surface area contributed by atoms with Crippen molar-refractivity contribution in [3.05, 3.63) is 18.2 Å². The molecule has 7 heteroatoms. The van der Waals surface area contributed by atoms with Gasteiger partial charge in [0.25, 0.3) is 0 Å².